The van der Waals surface area contributed by atoms with E-state index < -0.39 is 0 Å². The molecule has 3 heterocycles. The Morgan fingerprint density at radius 1 is 1.12 bits per heavy atom. The summed E-state index contributed by atoms with van der Waals surface area (Å²) in [6.45, 7) is 4.04. The van der Waals surface area contributed by atoms with E-state index in [0.29, 0.717) is 11.5 Å². The van der Waals surface area contributed by atoms with Crippen molar-refractivity contribution in [2.24, 2.45) is 0 Å². The van der Waals surface area contributed by atoms with Gasteiger partial charge in [0.2, 0.25) is 0 Å². The fourth-order valence-corrected chi connectivity index (χ4v) is 4.88. The van der Waals surface area contributed by atoms with E-state index in [-0.39, 0.29) is 17.8 Å². The molecular weight excluding hydrogens is 417 g/mol. The van der Waals surface area contributed by atoms with Crippen LogP contribution in [0.1, 0.15) is 53.5 Å². The van der Waals surface area contributed by atoms with Crippen LogP contribution in [-0.4, -0.2) is 57.8 Å². The normalized spacial score (nSPS) is 16.4. The number of amides is 1. The molecule has 7 heteroatoms. The summed E-state index contributed by atoms with van der Waals surface area (Å²) >= 11 is 0. The van der Waals surface area contributed by atoms with Gasteiger partial charge in [-0.3, -0.25) is 14.7 Å². The Kier molecular flexibility index (Phi) is 5.58. The molecule has 4 aromatic rings. The number of imidazole rings is 1. The van der Waals surface area contributed by atoms with Crippen LogP contribution in [0.4, 0.5) is 4.39 Å². The number of hydrogen-bond acceptors (Lipinski definition) is 4. The molecule has 0 aliphatic carbocycles. The van der Waals surface area contributed by atoms with Crippen LogP contribution < -0.4 is 0 Å². The molecule has 0 radical (unpaired) electrons. The minimum atomic E-state index is -0.219. The molecular formula is C26H28FN5O. The van der Waals surface area contributed by atoms with Crippen LogP contribution in [0.2, 0.25) is 0 Å². The van der Waals surface area contributed by atoms with Crippen molar-refractivity contribution in [3.05, 3.63) is 71.4 Å². The smallest absolute Gasteiger partial charge is 0.253 e. The maximum absolute atomic E-state index is 13.9. The van der Waals surface area contributed by atoms with Crippen molar-refractivity contribution in [1.82, 2.24) is 24.8 Å². The Morgan fingerprint density at radius 2 is 1.88 bits per heavy atom. The van der Waals surface area contributed by atoms with Gasteiger partial charge in [0, 0.05) is 31.2 Å². The van der Waals surface area contributed by atoms with E-state index in [1.165, 1.54) is 11.6 Å². The molecule has 2 aromatic carbocycles. The average Bonchev–Trinajstić information content (AvgIpc) is 3.26. The van der Waals surface area contributed by atoms with Gasteiger partial charge in [0.25, 0.3) is 5.91 Å². The zero-order chi connectivity index (χ0) is 23.1. The SMILES string of the molecule is C[C@H](c1nc2ccc(C(=O)N(C)C)cc2[nH]1)N1CCC(c2ccnc3ccc(F)cc23)CC1. The number of halogens is 1. The maximum atomic E-state index is 13.9. The molecule has 1 amide bonds. The number of carbonyl (C=O) groups excluding carboxylic acids is 1. The third kappa shape index (κ3) is 4.09. The number of fused-ring (bicyclic) bond motifs is 2. The number of H-pyrrole nitrogens is 1. The van der Waals surface area contributed by atoms with E-state index in [1.807, 2.05) is 30.5 Å². The van der Waals surface area contributed by atoms with Crippen molar-refractivity contribution >= 4 is 27.8 Å². The molecule has 2 aromatic heterocycles. The Balaban J connectivity index is 1.32. The van der Waals surface area contributed by atoms with Gasteiger partial charge >= 0.3 is 0 Å². The monoisotopic (exact) mass is 445 g/mol. The highest BCUT2D eigenvalue weighted by molar-refractivity contribution is 5.97. The molecule has 33 heavy (non-hydrogen) atoms. The summed E-state index contributed by atoms with van der Waals surface area (Å²) in [4.78, 5) is 28.9. The van der Waals surface area contributed by atoms with Crippen molar-refractivity contribution < 1.29 is 9.18 Å². The Hall–Kier alpha value is -3.32. The van der Waals surface area contributed by atoms with Crippen LogP contribution >= 0.6 is 0 Å². The molecule has 5 rings (SSSR count). The molecule has 1 atom stereocenters. The van der Waals surface area contributed by atoms with Crippen LogP contribution in [0.15, 0.2) is 48.7 Å². The molecule has 1 aliphatic rings. The first-order chi connectivity index (χ1) is 15.9. The van der Waals surface area contributed by atoms with Gasteiger partial charge < -0.3 is 9.88 Å². The first-order valence-electron chi connectivity index (χ1n) is 11.4. The number of likely N-dealkylation sites (tertiary alicyclic amines) is 1. The summed E-state index contributed by atoms with van der Waals surface area (Å²) < 4.78 is 13.9. The number of aromatic amines is 1. The summed E-state index contributed by atoms with van der Waals surface area (Å²) in [6, 6.07) is 12.6. The lowest BCUT2D eigenvalue weighted by Gasteiger charge is -2.35. The number of piperidine rings is 1. The summed E-state index contributed by atoms with van der Waals surface area (Å²) in [5.41, 5.74) is 4.43. The minimum absolute atomic E-state index is 0.0216. The lowest BCUT2D eigenvalue weighted by molar-refractivity contribution is 0.0827. The molecule has 0 bridgehead atoms. The third-order valence-corrected chi connectivity index (χ3v) is 6.80. The minimum Gasteiger partial charge on any atom is -0.345 e. The van der Waals surface area contributed by atoms with Gasteiger partial charge in [0.15, 0.2) is 0 Å². The number of pyridine rings is 1. The number of nitrogens with zero attached hydrogens (tertiary/aromatic N) is 4. The van der Waals surface area contributed by atoms with Crippen LogP contribution in [0, 0.1) is 5.82 Å². The maximum Gasteiger partial charge on any atom is 0.253 e. The van der Waals surface area contributed by atoms with E-state index >= 15 is 0 Å². The molecule has 0 unspecified atom stereocenters. The third-order valence-electron chi connectivity index (χ3n) is 6.80. The van der Waals surface area contributed by atoms with Gasteiger partial charge in [-0.25, -0.2) is 9.37 Å². The lowest BCUT2D eigenvalue weighted by Crippen LogP contribution is -2.35. The Labute approximate surface area is 192 Å². The van der Waals surface area contributed by atoms with Crippen LogP contribution in [-0.2, 0) is 0 Å². The average molecular weight is 446 g/mol. The molecule has 0 spiro atoms. The highest BCUT2D eigenvalue weighted by Gasteiger charge is 2.27. The van der Waals surface area contributed by atoms with E-state index in [4.69, 9.17) is 4.98 Å². The number of nitrogens with one attached hydrogen (secondary N) is 1. The van der Waals surface area contributed by atoms with Crippen molar-refractivity contribution in [3.63, 3.8) is 0 Å². The standard InChI is InChI=1S/C26H28FN5O/c1-16(25-29-23-6-4-18(14-24(23)30-25)26(33)31(2)3)32-12-9-17(10-13-32)20-8-11-28-22-7-5-19(27)15-21(20)22/h4-8,11,14-17H,9-10,12-13H2,1-3H3,(H,29,30)/t16-/m1/s1. The van der Waals surface area contributed by atoms with Gasteiger partial charge in [-0.05, 0) is 86.8 Å². The second kappa shape index (κ2) is 8.56. The van der Waals surface area contributed by atoms with Crippen molar-refractivity contribution in [3.8, 4) is 0 Å². The number of rotatable bonds is 4. The topological polar surface area (TPSA) is 65.1 Å². The first kappa shape index (κ1) is 21.5. The fourth-order valence-electron chi connectivity index (χ4n) is 4.88. The first-order valence-corrected chi connectivity index (χ1v) is 11.4. The number of hydrogen-bond donors (Lipinski definition) is 1. The van der Waals surface area contributed by atoms with E-state index in [9.17, 15) is 9.18 Å². The van der Waals surface area contributed by atoms with E-state index in [1.54, 1.807) is 31.1 Å². The fraction of sp³-hybridized carbons (Fsp3) is 0.346. The Morgan fingerprint density at radius 3 is 2.64 bits per heavy atom. The highest BCUT2D eigenvalue weighted by Crippen LogP contribution is 2.35. The molecule has 1 aliphatic heterocycles. The van der Waals surface area contributed by atoms with E-state index in [0.717, 1.165) is 53.7 Å². The molecule has 0 saturated carbocycles. The Bertz CT molecular complexity index is 1320. The van der Waals surface area contributed by atoms with E-state index in [2.05, 4.69) is 21.8 Å². The van der Waals surface area contributed by atoms with Crippen LogP contribution in [0.5, 0.6) is 0 Å². The second-order valence-corrected chi connectivity index (χ2v) is 9.10. The second-order valence-electron chi connectivity index (χ2n) is 9.10. The van der Waals surface area contributed by atoms with Crippen molar-refractivity contribution in [1.29, 1.82) is 0 Å². The molecule has 6 nitrogen and oxygen atoms in total. The largest absolute Gasteiger partial charge is 0.345 e. The van der Waals surface area contributed by atoms with Crippen LogP contribution in [0.25, 0.3) is 21.9 Å². The van der Waals surface area contributed by atoms with Gasteiger partial charge in [-0.2, -0.15) is 0 Å². The lowest BCUT2D eigenvalue weighted by atomic mass is 9.87. The summed E-state index contributed by atoms with van der Waals surface area (Å²) in [6.07, 6.45) is 3.83. The highest BCUT2D eigenvalue weighted by atomic mass is 19.1. The summed E-state index contributed by atoms with van der Waals surface area (Å²) in [5, 5.41) is 0.921. The van der Waals surface area contributed by atoms with Gasteiger partial charge in [0.05, 0.1) is 22.6 Å². The predicted molar refractivity (Wildman–Crippen MR) is 128 cm³/mol. The summed E-state index contributed by atoms with van der Waals surface area (Å²) in [5.74, 6) is 1.06. The van der Waals surface area contributed by atoms with Gasteiger partial charge in [-0.1, -0.05) is 0 Å². The molecule has 1 saturated heterocycles. The summed E-state index contributed by atoms with van der Waals surface area (Å²) in [7, 11) is 3.50. The molecule has 1 N–H and O–H groups in total. The van der Waals surface area contributed by atoms with Crippen LogP contribution in [0.3, 0.4) is 0 Å². The van der Waals surface area contributed by atoms with Crippen molar-refractivity contribution in [2.75, 3.05) is 27.2 Å². The van der Waals surface area contributed by atoms with Gasteiger partial charge in [0.1, 0.15) is 11.6 Å². The zero-order valence-electron chi connectivity index (χ0n) is 19.2. The van der Waals surface area contributed by atoms with Gasteiger partial charge in [-0.15, -0.1) is 0 Å². The zero-order valence-corrected chi connectivity index (χ0v) is 19.2. The quantitative estimate of drug-likeness (QED) is 0.486. The number of carbonyl (C=O) groups is 1. The molecule has 1 fully saturated rings. The predicted octanol–water partition coefficient (Wildman–Crippen LogP) is 4.89. The number of benzene rings is 2. The van der Waals surface area contributed by atoms with Crippen molar-refractivity contribution in [2.45, 2.75) is 31.7 Å². The number of aromatic nitrogens is 3. The molecule has 170 valence electrons.